The van der Waals surface area contributed by atoms with E-state index >= 15 is 0 Å². The molecule has 6 heteroatoms. The molecule has 2 fully saturated rings. The molecule has 0 amide bonds. The van der Waals surface area contributed by atoms with Crippen molar-refractivity contribution in [2.75, 3.05) is 32.9 Å². The summed E-state index contributed by atoms with van der Waals surface area (Å²) in [7, 11) is 0.963. The molecule has 2 aliphatic carbocycles. The van der Waals surface area contributed by atoms with Crippen LogP contribution in [-0.4, -0.2) is 57.8 Å². The number of hydrogen-bond donors (Lipinski definition) is 2. The van der Waals surface area contributed by atoms with Crippen molar-refractivity contribution in [2.24, 2.45) is 0 Å². The lowest BCUT2D eigenvalue weighted by atomic mass is 9.76. The first-order valence-electron chi connectivity index (χ1n) is 7.82. The lowest BCUT2D eigenvalue weighted by Crippen LogP contribution is -2.57. The van der Waals surface area contributed by atoms with Crippen molar-refractivity contribution in [2.45, 2.75) is 56.5 Å². The molecule has 0 aromatic rings. The van der Waals surface area contributed by atoms with E-state index < -0.39 is 10.0 Å². The van der Waals surface area contributed by atoms with Crippen LogP contribution in [0.25, 0.3) is 0 Å². The molecule has 2 aliphatic rings. The van der Waals surface area contributed by atoms with Crippen LogP contribution in [0.3, 0.4) is 0 Å². The van der Waals surface area contributed by atoms with Crippen molar-refractivity contribution in [1.82, 2.24) is 14.9 Å². The number of likely N-dealkylation sites (N-methyl/N-ethyl adjacent to an activating group) is 1. The van der Waals surface area contributed by atoms with Gasteiger partial charge in [0.25, 0.3) is 0 Å². The van der Waals surface area contributed by atoms with Crippen molar-refractivity contribution < 1.29 is 8.42 Å². The molecule has 2 N–H and O–H groups in total. The van der Waals surface area contributed by atoms with Crippen LogP contribution in [0.15, 0.2) is 0 Å². The number of nitrogens with zero attached hydrogens (tertiary/aromatic N) is 1. The summed E-state index contributed by atoms with van der Waals surface area (Å²) in [6.07, 6.45) is 7.63. The molecule has 0 aliphatic heterocycles. The zero-order valence-corrected chi connectivity index (χ0v) is 13.6. The van der Waals surface area contributed by atoms with Crippen molar-refractivity contribution >= 4 is 10.0 Å². The predicted molar refractivity (Wildman–Crippen MR) is 82.3 cm³/mol. The Morgan fingerprint density at radius 2 is 1.90 bits per heavy atom. The number of sulfonamides is 1. The Morgan fingerprint density at radius 1 is 1.20 bits per heavy atom. The van der Waals surface area contributed by atoms with Crippen LogP contribution in [0.1, 0.15) is 44.9 Å². The van der Waals surface area contributed by atoms with Crippen molar-refractivity contribution in [3.63, 3.8) is 0 Å². The summed E-state index contributed by atoms with van der Waals surface area (Å²) in [4.78, 5) is 2.17. The van der Waals surface area contributed by atoms with Crippen LogP contribution < -0.4 is 10.0 Å². The predicted octanol–water partition coefficient (Wildman–Crippen LogP) is 0.922. The van der Waals surface area contributed by atoms with Crippen LogP contribution in [-0.2, 0) is 10.0 Å². The van der Waals surface area contributed by atoms with Crippen molar-refractivity contribution in [3.05, 3.63) is 0 Å². The molecule has 0 aromatic heterocycles. The molecule has 2 rings (SSSR count). The highest BCUT2D eigenvalue weighted by atomic mass is 32.2. The first-order chi connectivity index (χ1) is 9.44. The Bertz CT molecular complexity index is 401. The molecule has 0 aromatic carbocycles. The minimum Gasteiger partial charge on any atom is -0.314 e. The SMILES string of the molecule is CN(C)C1(CNS(=O)(=O)CCCCNC2CC2)CCC1. The average molecular weight is 303 g/mol. The van der Waals surface area contributed by atoms with Gasteiger partial charge in [-0.15, -0.1) is 0 Å². The van der Waals surface area contributed by atoms with Crippen LogP contribution in [0.2, 0.25) is 0 Å². The molecule has 0 spiro atoms. The topological polar surface area (TPSA) is 61.4 Å². The Labute approximate surface area is 123 Å². The highest BCUT2D eigenvalue weighted by molar-refractivity contribution is 7.89. The van der Waals surface area contributed by atoms with Gasteiger partial charge in [-0.2, -0.15) is 0 Å². The lowest BCUT2D eigenvalue weighted by Gasteiger charge is -2.47. The van der Waals surface area contributed by atoms with Crippen LogP contribution >= 0.6 is 0 Å². The minimum atomic E-state index is -3.11. The second kappa shape index (κ2) is 6.73. The van der Waals surface area contributed by atoms with E-state index in [9.17, 15) is 8.42 Å². The van der Waals surface area contributed by atoms with Gasteiger partial charge in [0.1, 0.15) is 0 Å². The van der Waals surface area contributed by atoms with Gasteiger partial charge >= 0.3 is 0 Å². The van der Waals surface area contributed by atoms with Gasteiger partial charge in [0.05, 0.1) is 5.75 Å². The maximum atomic E-state index is 12.0. The summed E-state index contributed by atoms with van der Waals surface area (Å²) in [5, 5.41) is 3.41. The molecular weight excluding hydrogens is 274 g/mol. The molecule has 0 saturated heterocycles. The zero-order valence-electron chi connectivity index (χ0n) is 12.8. The van der Waals surface area contributed by atoms with E-state index in [-0.39, 0.29) is 11.3 Å². The zero-order chi connectivity index (χ0) is 14.6. The highest BCUT2D eigenvalue weighted by Gasteiger charge is 2.39. The Hall–Kier alpha value is -0.170. The van der Waals surface area contributed by atoms with Gasteiger partial charge in [0.2, 0.25) is 10.0 Å². The summed E-state index contributed by atoms with van der Waals surface area (Å²) in [5.74, 6) is 0.253. The Morgan fingerprint density at radius 3 is 2.40 bits per heavy atom. The summed E-state index contributed by atoms with van der Waals surface area (Å²) in [6, 6.07) is 0.711. The van der Waals surface area contributed by atoms with E-state index in [1.807, 2.05) is 14.1 Å². The normalized spacial score (nSPS) is 21.9. The van der Waals surface area contributed by atoms with Gasteiger partial charge in [-0.05, 0) is 65.6 Å². The standard InChI is InChI=1S/C14H29N3O2S/c1-17(2)14(8-5-9-14)12-16-20(18,19)11-4-3-10-15-13-6-7-13/h13,15-16H,3-12H2,1-2H3. The fraction of sp³-hybridized carbons (Fsp3) is 1.00. The fourth-order valence-corrected chi connectivity index (χ4v) is 3.91. The number of unbranched alkanes of at least 4 members (excludes halogenated alkanes) is 1. The summed E-state index contributed by atoms with van der Waals surface area (Å²) < 4.78 is 26.8. The molecule has 2 saturated carbocycles. The van der Waals surface area contributed by atoms with E-state index in [1.54, 1.807) is 0 Å². The van der Waals surface area contributed by atoms with Gasteiger partial charge in [-0.3, -0.25) is 0 Å². The molecule has 0 unspecified atom stereocenters. The van der Waals surface area contributed by atoms with Crippen molar-refractivity contribution in [3.8, 4) is 0 Å². The summed E-state index contributed by atoms with van der Waals surface area (Å²) in [5.41, 5.74) is 0.0561. The molecule has 0 radical (unpaired) electrons. The summed E-state index contributed by atoms with van der Waals surface area (Å²) in [6.45, 7) is 1.50. The van der Waals surface area contributed by atoms with Gasteiger partial charge in [0, 0.05) is 18.1 Å². The van der Waals surface area contributed by atoms with Gasteiger partial charge < -0.3 is 10.2 Å². The first-order valence-corrected chi connectivity index (χ1v) is 9.47. The molecule has 0 heterocycles. The fourth-order valence-electron chi connectivity index (χ4n) is 2.69. The van der Waals surface area contributed by atoms with Gasteiger partial charge in [-0.25, -0.2) is 13.1 Å². The Kier molecular flexibility index (Phi) is 5.45. The van der Waals surface area contributed by atoms with E-state index in [0.717, 1.165) is 32.2 Å². The molecule has 0 bridgehead atoms. The van der Waals surface area contributed by atoms with E-state index in [2.05, 4.69) is 14.9 Å². The monoisotopic (exact) mass is 303 g/mol. The number of nitrogens with one attached hydrogen (secondary N) is 2. The van der Waals surface area contributed by atoms with Crippen LogP contribution in [0.5, 0.6) is 0 Å². The van der Waals surface area contributed by atoms with Gasteiger partial charge in [0.15, 0.2) is 0 Å². The maximum absolute atomic E-state index is 12.0. The van der Waals surface area contributed by atoms with E-state index in [1.165, 1.54) is 19.3 Å². The van der Waals surface area contributed by atoms with Crippen LogP contribution in [0, 0.1) is 0 Å². The third-order valence-electron chi connectivity index (χ3n) is 4.70. The number of rotatable bonds is 10. The van der Waals surface area contributed by atoms with Crippen LogP contribution in [0.4, 0.5) is 0 Å². The molecule has 20 heavy (non-hydrogen) atoms. The summed E-state index contributed by atoms with van der Waals surface area (Å²) >= 11 is 0. The number of hydrogen-bond acceptors (Lipinski definition) is 4. The van der Waals surface area contributed by atoms with Gasteiger partial charge in [-0.1, -0.05) is 0 Å². The van der Waals surface area contributed by atoms with Crippen molar-refractivity contribution in [1.29, 1.82) is 0 Å². The first kappa shape index (κ1) is 16.2. The largest absolute Gasteiger partial charge is 0.314 e. The quantitative estimate of drug-likeness (QED) is 0.589. The molecule has 5 nitrogen and oxygen atoms in total. The lowest BCUT2D eigenvalue weighted by molar-refractivity contribution is 0.0657. The molecule has 0 atom stereocenters. The third kappa shape index (κ3) is 4.69. The molecular formula is C14H29N3O2S. The molecule has 118 valence electrons. The smallest absolute Gasteiger partial charge is 0.211 e. The maximum Gasteiger partial charge on any atom is 0.211 e. The minimum absolute atomic E-state index is 0.0561. The average Bonchev–Trinajstić information content (AvgIpc) is 3.10. The van der Waals surface area contributed by atoms with E-state index in [4.69, 9.17) is 0 Å². The third-order valence-corrected chi connectivity index (χ3v) is 6.11. The highest BCUT2D eigenvalue weighted by Crippen LogP contribution is 2.35. The Balaban J connectivity index is 1.62. The second-order valence-electron chi connectivity index (χ2n) is 6.55. The van der Waals surface area contributed by atoms with E-state index in [0.29, 0.717) is 12.6 Å². The second-order valence-corrected chi connectivity index (χ2v) is 8.47.